The summed E-state index contributed by atoms with van der Waals surface area (Å²) in [6, 6.07) is 13.0. The lowest BCUT2D eigenvalue weighted by Gasteiger charge is -2.06. The molecule has 0 aliphatic rings. The van der Waals surface area contributed by atoms with Gasteiger partial charge >= 0.3 is 11.9 Å². The molecule has 2 rings (SSSR count). The van der Waals surface area contributed by atoms with Gasteiger partial charge in [-0.25, -0.2) is 0 Å². The minimum Gasteiger partial charge on any atom is -0.457 e. The van der Waals surface area contributed by atoms with E-state index in [1.807, 2.05) is 30.3 Å². The molecule has 0 spiro atoms. The van der Waals surface area contributed by atoms with E-state index in [9.17, 15) is 14.4 Å². The van der Waals surface area contributed by atoms with Gasteiger partial charge in [0.2, 0.25) is 0 Å². The first-order valence-corrected chi connectivity index (χ1v) is 7.09. The Morgan fingerprint density at radius 2 is 1.65 bits per heavy atom. The van der Waals surface area contributed by atoms with Gasteiger partial charge in [0.1, 0.15) is 5.75 Å². The van der Waals surface area contributed by atoms with Crippen molar-refractivity contribution in [2.45, 2.75) is 12.8 Å². The number of ether oxygens (including phenoxy) is 2. The number of carbonyl (C=O) groups excluding carboxylic acids is 3. The molecule has 0 aromatic heterocycles. The Labute approximate surface area is 133 Å². The highest BCUT2D eigenvalue weighted by molar-refractivity contribution is 5.91. The summed E-state index contributed by atoms with van der Waals surface area (Å²) in [6.07, 6.45) is 0.812. The first-order valence-electron chi connectivity index (χ1n) is 7.09. The van der Waals surface area contributed by atoms with E-state index in [0.29, 0.717) is 5.75 Å². The Morgan fingerprint density at radius 3 is 2.39 bits per heavy atom. The van der Waals surface area contributed by atoms with E-state index in [1.54, 1.807) is 12.1 Å². The normalized spacial score (nSPS) is 10.1. The lowest BCUT2D eigenvalue weighted by molar-refractivity contribution is -0.149. The van der Waals surface area contributed by atoms with Crippen molar-refractivity contribution in [3.63, 3.8) is 0 Å². The maximum atomic E-state index is 11.7. The van der Waals surface area contributed by atoms with Gasteiger partial charge < -0.3 is 9.47 Å². The van der Waals surface area contributed by atoms with Crippen molar-refractivity contribution in [1.82, 2.24) is 0 Å². The van der Waals surface area contributed by atoms with Crippen LogP contribution in [-0.2, 0) is 19.1 Å². The van der Waals surface area contributed by atoms with Crippen LogP contribution in [0.4, 0.5) is 0 Å². The van der Waals surface area contributed by atoms with Gasteiger partial charge in [-0.1, -0.05) is 36.9 Å². The Balaban J connectivity index is 1.82. The van der Waals surface area contributed by atoms with Crippen molar-refractivity contribution < 1.29 is 23.9 Å². The van der Waals surface area contributed by atoms with E-state index in [0.717, 1.165) is 16.8 Å². The van der Waals surface area contributed by atoms with Crippen LogP contribution in [0.25, 0.3) is 10.8 Å². The molecular weight excluding hydrogens is 296 g/mol. The second-order valence-electron chi connectivity index (χ2n) is 4.81. The molecule has 0 heterocycles. The molecule has 0 atom stereocenters. The van der Waals surface area contributed by atoms with E-state index in [-0.39, 0.29) is 19.4 Å². The molecule has 0 aliphatic carbocycles. The number of hydrogen-bond acceptors (Lipinski definition) is 5. The van der Waals surface area contributed by atoms with Gasteiger partial charge in [-0.2, -0.15) is 0 Å². The molecular formula is C18H16O5. The maximum absolute atomic E-state index is 11.7. The monoisotopic (exact) mass is 312 g/mol. The van der Waals surface area contributed by atoms with E-state index in [2.05, 4.69) is 11.3 Å². The Bertz CT molecular complexity index is 748. The van der Waals surface area contributed by atoms with Crippen LogP contribution in [-0.4, -0.2) is 24.3 Å². The van der Waals surface area contributed by atoms with Gasteiger partial charge in [0.25, 0.3) is 0 Å². The summed E-state index contributed by atoms with van der Waals surface area (Å²) < 4.78 is 9.88. The molecule has 23 heavy (non-hydrogen) atoms. The van der Waals surface area contributed by atoms with E-state index in [1.165, 1.54) is 0 Å². The van der Waals surface area contributed by atoms with Crippen molar-refractivity contribution in [2.75, 3.05) is 6.61 Å². The zero-order valence-electron chi connectivity index (χ0n) is 12.5. The van der Waals surface area contributed by atoms with Gasteiger partial charge in [-0.05, 0) is 29.0 Å². The third kappa shape index (κ3) is 5.07. The summed E-state index contributed by atoms with van der Waals surface area (Å²) in [5, 5.41) is 2.00. The molecule has 5 nitrogen and oxygen atoms in total. The largest absolute Gasteiger partial charge is 0.457 e. The molecule has 0 aliphatic heterocycles. The number of benzene rings is 2. The highest BCUT2D eigenvalue weighted by Gasteiger charge is 2.11. The highest BCUT2D eigenvalue weighted by atomic mass is 16.5. The summed E-state index contributed by atoms with van der Waals surface area (Å²) in [5.41, 5.74) is 0. The second kappa shape index (κ2) is 7.89. The third-order valence-corrected chi connectivity index (χ3v) is 3.09. The van der Waals surface area contributed by atoms with Crippen molar-refractivity contribution in [2.24, 2.45) is 0 Å². The van der Waals surface area contributed by atoms with Gasteiger partial charge in [-0.3, -0.25) is 14.4 Å². The molecule has 0 saturated carbocycles. The number of rotatable bonds is 7. The standard InChI is InChI=1S/C18H16O5/c1-2-15(19)12-22-17(20)9-10-18(21)23-16-8-7-13-5-3-4-6-14(13)11-16/h2-8,11H,1,9-10,12H2. The van der Waals surface area contributed by atoms with Gasteiger partial charge in [0, 0.05) is 0 Å². The fraction of sp³-hybridized carbons (Fsp3) is 0.167. The fourth-order valence-electron chi connectivity index (χ4n) is 1.90. The van der Waals surface area contributed by atoms with Crippen LogP contribution < -0.4 is 4.74 Å². The fourth-order valence-corrected chi connectivity index (χ4v) is 1.90. The third-order valence-electron chi connectivity index (χ3n) is 3.09. The van der Waals surface area contributed by atoms with Crippen LogP contribution in [0.5, 0.6) is 5.75 Å². The van der Waals surface area contributed by atoms with Crippen LogP contribution in [0.15, 0.2) is 55.1 Å². The van der Waals surface area contributed by atoms with Gasteiger partial charge in [-0.15, -0.1) is 0 Å². The average Bonchev–Trinajstić information content (AvgIpc) is 2.57. The first kappa shape index (κ1) is 16.4. The molecule has 0 saturated heterocycles. The Kier molecular flexibility index (Phi) is 5.63. The minimum atomic E-state index is -0.629. The highest BCUT2D eigenvalue weighted by Crippen LogP contribution is 2.20. The van der Waals surface area contributed by atoms with E-state index < -0.39 is 17.7 Å². The number of fused-ring (bicyclic) bond motifs is 1. The van der Waals surface area contributed by atoms with Crippen molar-refractivity contribution >= 4 is 28.5 Å². The zero-order chi connectivity index (χ0) is 16.7. The number of ketones is 1. The topological polar surface area (TPSA) is 69.7 Å². The van der Waals surface area contributed by atoms with Crippen LogP contribution in [0.1, 0.15) is 12.8 Å². The average molecular weight is 312 g/mol. The molecule has 0 bridgehead atoms. The zero-order valence-corrected chi connectivity index (χ0v) is 12.5. The molecule has 118 valence electrons. The predicted molar refractivity (Wildman–Crippen MR) is 85.0 cm³/mol. The lowest BCUT2D eigenvalue weighted by atomic mass is 10.1. The Hall–Kier alpha value is -2.95. The molecule has 2 aromatic rings. The van der Waals surface area contributed by atoms with Crippen molar-refractivity contribution in [1.29, 1.82) is 0 Å². The molecule has 0 radical (unpaired) electrons. The van der Waals surface area contributed by atoms with Gasteiger partial charge in [0.15, 0.2) is 12.4 Å². The number of carbonyl (C=O) groups is 3. The number of esters is 2. The van der Waals surface area contributed by atoms with E-state index in [4.69, 9.17) is 4.74 Å². The Morgan fingerprint density at radius 1 is 0.957 bits per heavy atom. The summed E-state index contributed by atoms with van der Waals surface area (Å²) in [5.74, 6) is -1.14. The molecule has 2 aromatic carbocycles. The van der Waals surface area contributed by atoms with Crippen LogP contribution in [0.2, 0.25) is 0 Å². The van der Waals surface area contributed by atoms with Crippen molar-refractivity contribution in [3.8, 4) is 5.75 Å². The lowest BCUT2D eigenvalue weighted by Crippen LogP contribution is -2.15. The molecule has 0 unspecified atom stereocenters. The first-order chi connectivity index (χ1) is 11.1. The molecule has 0 amide bonds. The summed E-state index contributed by atoms with van der Waals surface area (Å²) in [6.45, 7) is 2.91. The van der Waals surface area contributed by atoms with E-state index >= 15 is 0 Å². The second-order valence-corrected chi connectivity index (χ2v) is 4.81. The van der Waals surface area contributed by atoms with Crippen LogP contribution >= 0.6 is 0 Å². The SMILES string of the molecule is C=CC(=O)COC(=O)CCC(=O)Oc1ccc2ccccc2c1. The maximum Gasteiger partial charge on any atom is 0.311 e. The van der Waals surface area contributed by atoms with Gasteiger partial charge in [0.05, 0.1) is 12.8 Å². The minimum absolute atomic E-state index is 0.117. The predicted octanol–water partition coefficient (Wildman–Crippen LogP) is 2.82. The summed E-state index contributed by atoms with van der Waals surface area (Å²) in [7, 11) is 0. The number of hydrogen-bond donors (Lipinski definition) is 0. The summed E-state index contributed by atoms with van der Waals surface area (Å²) >= 11 is 0. The molecule has 5 heteroatoms. The molecule has 0 N–H and O–H groups in total. The van der Waals surface area contributed by atoms with Crippen LogP contribution in [0.3, 0.4) is 0 Å². The summed E-state index contributed by atoms with van der Waals surface area (Å²) in [4.78, 5) is 34.0. The smallest absolute Gasteiger partial charge is 0.311 e. The quantitative estimate of drug-likeness (QED) is 0.447. The van der Waals surface area contributed by atoms with Crippen LogP contribution in [0, 0.1) is 0 Å². The van der Waals surface area contributed by atoms with Crippen molar-refractivity contribution in [3.05, 3.63) is 55.1 Å². The molecule has 0 fully saturated rings.